The van der Waals surface area contributed by atoms with Gasteiger partial charge >= 0.3 is 0 Å². The summed E-state index contributed by atoms with van der Waals surface area (Å²) in [5.41, 5.74) is 0.385. The maximum absolute atomic E-state index is 12.2. The zero-order valence-electron chi connectivity index (χ0n) is 12.0. The maximum Gasteiger partial charge on any atom is 0.220 e. The fraction of sp³-hybridized carbons (Fsp3) is 0.938. The molecule has 0 aromatic rings. The summed E-state index contributed by atoms with van der Waals surface area (Å²) >= 11 is 3.47. The lowest BCUT2D eigenvalue weighted by Gasteiger charge is -2.56. The number of hydrogen-bond acceptors (Lipinski definition) is 1. The molecule has 1 unspecified atom stereocenters. The molecule has 0 aromatic carbocycles. The Kier molecular flexibility index (Phi) is 3.94. The molecule has 2 nitrogen and oxygen atoms in total. The Hall–Kier alpha value is -0.0500. The topological polar surface area (TPSA) is 29.1 Å². The predicted molar refractivity (Wildman–Crippen MR) is 81.2 cm³/mol. The Morgan fingerprint density at radius 1 is 1.21 bits per heavy atom. The molecule has 3 heteroatoms. The summed E-state index contributed by atoms with van der Waals surface area (Å²) in [4.78, 5) is 12.2. The van der Waals surface area contributed by atoms with Crippen molar-refractivity contribution < 1.29 is 4.79 Å². The lowest BCUT2D eigenvalue weighted by Crippen LogP contribution is -2.48. The van der Waals surface area contributed by atoms with Gasteiger partial charge in [-0.1, -0.05) is 22.9 Å². The van der Waals surface area contributed by atoms with Gasteiger partial charge in [-0.05, 0) is 67.6 Å². The molecule has 4 aliphatic rings. The van der Waals surface area contributed by atoms with Crippen LogP contribution in [0.5, 0.6) is 0 Å². The van der Waals surface area contributed by atoms with Gasteiger partial charge in [0.2, 0.25) is 5.91 Å². The molecular formula is C16H26BrNO. The number of nitrogens with one attached hydrogen (secondary N) is 1. The highest BCUT2D eigenvalue weighted by Crippen LogP contribution is 2.61. The van der Waals surface area contributed by atoms with Crippen molar-refractivity contribution in [2.45, 2.75) is 51.9 Å². The lowest BCUT2D eigenvalue weighted by atomic mass is 9.49. The summed E-state index contributed by atoms with van der Waals surface area (Å²) in [5.74, 6) is 3.66. The van der Waals surface area contributed by atoms with Crippen LogP contribution in [0.1, 0.15) is 51.9 Å². The largest absolute Gasteiger partial charge is 0.356 e. The minimum absolute atomic E-state index is 0.301. The van der Waals surface area contributed by atoms with E-state index in [1.807, 2.05) is 0 Å². The van der Waals surface area contributed by atoms with Gasteiger partial charge in [0.1, 0.15) is 0 Å². The number of carbonyl (C=O) groups excluding carboxylic acids is 1. The summed E-state index contributed by atoms with van der Waals surface area (Å²) in [6.45, 7) is 2.98. The quantitative estimate of drug-likeness (QED) is 0.766. The Morgan fingerprint density at radius 2 is 1.74 bits per heavy atom. The van der Waals surface area contributed by atoms with Gasteiger partial charge in [0.05, 0.1) is 0 Å². The smallest absolute Gasteiger partial charge is 0.220 e. The summed E-state index contributed by atoms with van der Waals surface area (Å²) in [7, 11) is 0. The Bertz CT molecular complexity index is 319. The minimum atomic E-state index is 0.301. The van der Waals surface area contributed by atoms with E-state index in [0.717, 1.165) is 36.0 Å². The molecule has 19 heavy (non-hydrogen) atoms. The summed E-state index contributed by atoms with van der Waals surface area (Å²) in [6.07, 6.45) is 9.18. The minimum Gasteiger partial charge on any atom is -0.356 e. The maximum atomic E-state index is 12.2. The first-order valence-corrected chi connectivity index (χ1v) is 9.03. The number of carbonyl (C=O) groups is 1. The van der Waals surface area contributed by atoms with Crippen molar-refractivity contribution in [1.82, 2.24) is 5.32 Å². The molecule has 4 aliphatic carbocycles. The zero-order valence-corrected chi connectivity index (χ0v) is 13.5. The van der Waals surface area contributed by atoms with Crippen molar-refractivity contribution in [2.75, 3.05) is 11.9 Å². The van der Waals surface area contributed by atoms with Crippen LogP contribution in [0.4, 0.5) is 0 Å². The number of alkyl halides is 1. The number of hydrogen-bond donors (Lipinski definition) is 1. The van der Waals surface area contributed by atoms with E-state index in [2.05, 4.69) is 28.2 Å². The first-order chi connectivity index (χ1) is 9.08. The van der Waals surface area contributed by atoms with E-state index < -0.39 is 0 Å². The van der Waals surface area contributed by atoms with Crippen molar-refractivity contribution in [3.63, 3.8) is 0 Å². The second-order valence-corrected chi connectivity index (χ2v) is 8.31. The van der Waals surface area contributed by atoms with Crippen LogP contribution in [0.15, 0.2) is 0 Å². The fourth-order valence-corrected chi connectivity index (χ4v) is 5.48. The van der Waals surface area contributed by atoms with Crippen LogP contribution >= 0.6 is 15.9 Å². The van der Waals surface area contributed by atoms with Crippen molar-refractivity contribution in [2.24, 2.45) is 29.1 Å². The second kappa shape index (κ2) is 5.38. The number of amides is 1. The van der Waals surface area contributed by atoms with E-state index in [1.165, 1.54) is 38.5 Å². The molecular weight excluding hydrogens is 302 g/mol. The zero-order chi connectivity index (χ0) is 13.5. The van der Waals surface area contributed by atoms with Gasteiger partial charge in [-0.2, -0.15) is 0 Å². The van der Waals surface area contributed by atoms with Gasteiger partial charge in [-0.25, -0.2) is 0 Å². The standard InChI is InChI=1S/C16H26BrNO/c1-11(9-17)10-18-15(19)8-16-5-12-2-13(6-16)4-14(3-12)7-16/h11-14H,2-10H2,1H3,(H,18,19). The van der Waals surface area contributed by atoms with Crippen molar-refractivity contribution in [1.29, 1.82) is 0 Å². The molecule has 0 aliphatic heterocycles. The predicted octanol–water partition coefficient (Wildman–Crippen LogP) is 3.74. The molecule has 108 valence electrons. The van der Waals surface area contributed by atoms with E-state index >= 15 is 0 Å². The third-order valence-electron chi connectivity index (χ3n) is 5.61. The average molecular weight is 328 g/mol. The highest BCUT2D eigenvalue weighted by Gasteiger charge is 2.51. The van der Waals surface area contributed by atoms with Gasteiger partial charge in [-0.3, -0.25) is 4.79 Å². The van der Waals surface area contributed by atoms with Crippen LogP contribution in [-0.4, -0.2) is 17.8 Å². The monoisotopic (exact) mass is 327 g/mol. The van der Waals surface area contributed by atoms with Crippen LogP contribution in [0.3, 0.4) is 0 Å². The van der Waals surface area contributed by atoms with Crippen LogP contribution in [0.25, 0.3) is 0 Å². The van der Waals surface area contributed by atoms with E-state index in [4.69, 9.17) is 0 Å². The highest BCUT2D eigenvalue weighted by molar-refractivity contribution is 9.09. The van der Waals surface area contributed by atoms with Crippen molar-refractivity contribution in [3.05, 3.63) is 0 Å². The molecule has 0 radical (unpaired) electrons. The Morgan fingerprint density at radius 3 is 2.21 bits per heavy atom. The van der Waals surface area contributed by atoms with Gasteiger partial charge in [-0.15, -0.1) is 0 Å². The van der Waals surface area contributed by atoms with Crippen LogP contribution in [-0.2, 0) is 4.79 Å². The molecule has 4 bridgehead atoms. The Labute approximate surface area is 125 Å². The molecule has 0 saturated heterocycles. The summed E-state index contributed by atoms with van der Waals surface area (Å²) in [5, 5.41) is 4.10. The van der Waals surface area contributed by atoms with Crippen molar-refractivity contribution in [3.8, 4) is 0 Å². The molecule has 1 N–H and O–H groups in total. The van der Waals surface area contributed by atoms with Crippen molar-refractivity contribution >= 4 is 21.8 Å². The van der Waals surface area contributed by atoms with E-state index in [-0.39, 0.29) is 0 Å². The third kappa shape index (κ3) is 3.01. The number of halogens is 1. The normalized spacial score (nSPS) is 41.3. The van der Waals surface area contributed by atoms with E-state index in [0.29, 0.717) is 17.2 Å². The summed E-state index contributed by atoms with van der Waals surface area (Å²) in [6, 6.07) is 0. The fourth-order valence-electron chi connectivity index (χ4n) is 5.25. The van der Waals surface area contributed by atoms with Gasteiger partial charge < -0.3 is 5.32 Å². The molecule has 1 atom stereocenters. The molecule has 0 spiro atoms. The SMILES string of the molecule is CC(CBr)CNC(=O)CC12CC3CC(CC(C3)C1)C2. The molecule has 0 heterocycles. The lowest BCUT2D eigenvalue weighted by molar-refractivity contribution is -0.129. The number of rotatable bonds is 5. The van der Waals surface area contributed by atoms with E-state index in [1.54, 1.807) is 0 Å². The highest BCUT2D eigenvalue weighted by atomic mass is 79.9. The van der Waals surface area contributed by atoms with Crippen LogP contribution in [0.2, 0.25) is 0 Å². The summed E-state index contributed by atoms with van der Waals surface area (Å²) < 4.78 is 0. The first kappa shape index (κ1) is 13.9. The molecule has 1 amide bonds. The second-order valence-electron chi connectivity index (χ2n) is 7.66. The van der Waals surface area contributed by atoms with E-state index in [9.17, 15) is 4.79 Å². The molecule has 0 aromatic heterocycles. The van der Waals surface area contributed by atoms with Gasteiger partial charge in [0.15, 0.2) is 0 Å². The Balaban J connectivity index is 1.56. The third-order valence-corrected chi connectivity index (χ3v) is 6.72. The van der Waals surface area contributed by atoms with Gasteiger partial charge in [0.25, 0.3) is 0 Å². The van der Waals surface area contributed by atoms with Crippen LogP contribution in [0, 0.1) is 29.1 Å². The molecule has 4 rings (SSSR count). The molecule has 4 fully saturated rings. The molecule has 4 saturated carbocycles. The average Bonchev–Trinajstić information content (AvgIpc) is 2.33. The van der Waals surface area contributed by atoms with Gasteiger partial charge in [0, 0.05) is 18.3 Å². The first-order valence-electron chi connectivity index (χ1n) is 7.91. The van der Waals surface area contributed by atoms with Crippen LogP contribution < -0.4 is 5.32 Å².